The molecular weight excluding hydrogens is 254 g/mol. The largest absolute Gasteiger partial charge is 0.396 e. The summed E-state index contributed by atoms with van der Waals surface area (Å²) in [5, 5.41) is 11.4. The summed E-state index contributed by atoms with van der Waals surface area (Å²) in [4.78, 5) is 13.4. The number of nitrogens with one attached hydrogen (secondary N) is 1. The summed E-state index contributed by atoms with van der Waals surface area (Å²) in [6.07, 6.45) is 1.44. The Bertz CT molecular complexity index is 460. The van der Waals surface area contributed by atoms with Gasteiger partial charge in [0.25, 0.3) is 0 Å². The van der Waals surface area contributed by atoms with Crippen LogP contribution in [0.5, 0.6) is 0 Å². The van der Waals surface area contributed by atoms with Gasteiger partial charge < -0.3 is 15.3 Å². The minimum Gasteiger partial charge on any atom is -0.396 e. The number of likely N-dealkylation sites (tertiary alicyclic amines) is 1. The molecule has 6 heteroatoms. The third kappa shape index (κ3) is 3.41. The van der Waals surface area contributed by atoms with Gasteiger partial charge in [-0.3, -0.25) is 0 Å². The van der Waals surface area contributed by atoms with Crippen LogP contribution in [0.4, 0.5) is 19.3 Å². The lowest BCUT2D eigenvalue weighted by Gasteiger charge is -2.31. The van der Waals surface area contributed by atoms with E-state index in [0.29, 0.717) is 13.1 Å². The topological polar surface area (TPSA) is 52.6 Å². The number of piperidine rings is 1. The van der Waals surface area contributed by atoms with Crippen LogP contribution in [0.15, 0.2) is 18.2 Å². The van der Waals surface area contributed by atoms with Gasteiger partial charge in [-0.1, -0.05) is 0 Å². The number of carbonyl (C=O) groups excluding carboxylic acids is 1. The predicted octanol–water partition coefficient (Wildman–Crippen LogP) is 2.20. The number of rotatable bonds is 2. The normalized spacial score (nSPS) is 16.5. The summed E-state index contributed by atoms with van der Waals surface area (Å²) in [5.74, 6) is -1.05. The molecule has 4 nitrogen and oxygen atoms in total. The van der Waals surface area contributed by atoms with Crippen LogP contribution in [0.3, 0.4) is 0 Å². The molecule has 0 atom stereocenters. The van der Waals surface area contributed by atoms with E-state index >= 15 is 0 Å². The number of carbonyl (C=O) groups is 1. The number of hydrogen-bond acceptors (Lipinski definition) is 2. The molecule has 1 aromatic carbocycles. The second-order valence-electron chi connectivity index (χ2n) is 4.67. The van der Waals surface area contributed by atoms with Crippen molar-refractivity contribution in [3.05, 3.63) is 29.8 Å². The molecule has 2 N–H and O–H groups in total. The Morgan fingerprint density at radius 1 is 1.37 bits per heavy atom. The summed E-state index contributed by atoms with van der Waals surface area (Å²) in [6.45, 7) is 1.13. The Kier molecular flexibility index (Phi) is 4.31. The average molecular weight is 270 g/mol. The third-order valence-corrected chi connectivity index (χ3v) is 3.33. The zero-order chi connectivity index (χ0) is 13.8. The number of hydrogen-bond donors (Lipinski definition) is 2. The fourth-order valence-corrected chi connectivity index (χ4v) is 2.11. The van der Waals surface area contributed by atoms with Crippen molar-refractivity contribution >= 4 is 11.7 Å². The molecule has 1 heterocycles. The molecule has 0 radical (unpaired) electrons. The molecule has 0 aliphatic carbocycles. The maximum Gasteiger partial charge on any atom is 0.321 e. The summed E-state index contributed by atoms with van der Waals surface area (Å²) in [6, 6.07) is 2.48. The molecule has 2 rings (SSSR count). The van der Waals surface area contributed by atoms with Crippen molar-refractivity contribution in [1.29, 1.82) is 0 Å². The zero-order valence-corrected chi connectivity index (χ0v) is 10.4. The number of urea groups is 1. The van der Waals surface area contributed by atoms with E-state index in [4.69, 9.17) is 5.11 Å². The SMILES string of the molecule is O=C(Nc1cc(F)ccc1F)N1CCC(CO)CC1. The molecule has 104 valence electrons. The van der Waals surface area contributed by atoms with Crippen LogP contribution >= 0.6 is 0 Å². The van der Waals surface area contributed by atoms with Crippen LogP contribution in [0.2, 0.25) is 0 Å². The molecule has 0 aromatic heterocycles. The molecule has 1 aliphatic rings. The van der Waals surface area contributed by atoms with Crippen molar-refractivity contribution in [3.8, 4) is 0 Å². The standard InChI is InChI=1S/C13H16F2N2O2/c14-10-1-2-11(15)12(7-10)16-13(19)17-5-3-9(8-18)4-6-17/h1-2,7,9,18H,3-6,8H2,(H,16,19). The molecule has 0 saturated carbocycles. The fourth-order valence-electron chi connectivity index (χ4n) is 2.11. The first kappa shape index (κ1) is 13.7. The smallest absolute Gasteiger partial charge is 0.321 e. The lowest BCUT2D eigenvalue weighted by atomic mass is 9.98. The first-order chi connectivity index (χ1) is 9.10. The molecular formula is C13H16F2N2O2. The molecule has 2 amide bonds. The monoisotopic (exact) mass is 270 g/mol. The molecule has 0 unspecified atom stereocenters. The van der Waals surface area contributed by atoms with Gasteiger partial charge in [0.1, 0.15) is 11.6 Å². The molecule has 0 bridgehead atoms. The number of benzene rings is 1. The van der Waals surface area contributed by atoms with Crippen molar-refractivity contribution in [2.24, 2.45) is 5.92 Å². The fraction of sp³-hybridized carbons (Fsp3) is 0.462. The molecule has 19 heavy (non-hydrogen) atoms. The van der Waals surface area contributed by atoms with Gasteiger partial charge in [0, 0.05) is 25.8 Å². The minimum absolute atomic E-state index is 0.119. The van der Waals surface area contributed by atoms with Crippen LogP contribution in [-0.4, -0.2) is 35.7 Å². The first-order valence-corrected chi connectivity index (χ1v) is 6.22. The van der Waals surface area contributed by atoms with E-state index in [9.17, 15) is 13.6 Å². The molecule has 0 spiro atoms. The summed E-state index contributed by atoms with van der Waals surface area (Å²) in [5.41, 5.74) is -0.158. The Balaban J connectivity index is 1.96. The number of halogens is 2. The number of anilines is 1. The lowest BCUT2D eigenvalue weighted by molar-refractivity contribution is 0.143. The van der Waals surface area contributed by atoms with Crippen molar-refractivity contribution in [2.45, 2.75) is 12.8 Å². The van der Waals surface area contributed by atoms with Gasteiger partial charge in [0.05, 0.1) is 5.69 Å². The van der Waals surface area contributed by atoms with Gasteiger partial charge in [0.15, 0.2) is 0 Å². The molecule has 1 aromatic rings. The number of nitrogens with zero attached hydrogens (tertiary/aromatic N) is 1. The Morgan fingerprint density at radius 2 is 2.05 bits per heavy atom. The highest BCUT2D eigenvalue weighted by Gasteiger charge is 2.22. The van der Waals surface area contributed by atoms with Crippen LogP contribution in [0.1, 0.15) is 12.8 Å². The van der Waals surface area contributed by atoms with Gasteiger partial charge in [-0.05, 0) is 30.9 Å². The van der Waals surface area contributed by atoms with Crippen molar-refractivity contribution in [3.63, 3.8) is 0 Å². The van der Waals surface area contributed by atoms with Gasteiger partial charge in [0.2, 0.25) is 0 Å². The van der Waals surface area contributed by atoms with E-state index in [2.05, 4.69) is 5.32 Å². The van der Waals surface area contributed by atoms with E-state index < -0.39 is 17.7 Å². The van der Waals surface area contributed by atoms with E-state index in [1.807, 2.05) is 0 Å². The lowest BCUT2D eigenvalue weighted by Crippen LogP contribution is -2.41. The van der Waals surface area contributed by atoms with Gasteiger partial charge in [-0.2, -0.15) is 0 Å². The van der Waals surface area contributed by atoms with Crippen molar-refractivity contribution in [1.82, 2.24) is 4.90 Å². The summed E-state index contributed by atoms with van der Waals surface area (Å²) >= 11 is 0. The van der Waals surface area contributed by atoms with Crippen LogP contribution in [0, 0.1) is 17.6 Å². The number of aliphatic hydroxyl groups is 1. The quantitative estimate of drug-likeness (QED) is 0.865. The predicted molar refractivity (Wildman–Crippen MR) is 66.8 cm³/mol. The van der Waals surface area contributed by atoms with Crippen LogP contribution in [0.25, 0.3) is 0 Å². The number of amides is 2. The second kappa shape index (κ2) is 5.97. The van der Waals surface area contributed by atoms with E-state index in [-0.39, 0.29) is 18.2 Å². The van der Waals surface area contributed by atoms with Gasteiger partial charge >= 0.3 is 6.03 Å². The Morgan fingerprint density at radius 3 is 2.68 bits per heavy atom. The van der Waals surface area contributed by atoms with Gasteiger partial charge in [-0.15, -0.1) is 0 Å². The Hall–Kier alpha value is -1.69. The highest BCUT2D eigenvalue weighted by molar-refractivity contribution is 5.89. The van der Waals surface area contributed by atoms with E-state index in [0.717, 1.165) is 31.0 Å². The zero-order valence-electron chi connectivity index (χ0n) is 10.4. The highest BCUT2D eigenvalue weighted by atomic mass is 19.1. The van der Waals surface area contributed by atoms with Crippen LogP contribution < -0.4 is 5.32 Å². The number of aliphatic hydroxyl groups excluding tert-OH is 1. The maximum atomic E-state index is 13.4. The van der Waals surface area contributed by atoms with E-state index in [1.54, 1.807) is 0 Å². The maximum absolute atomic E-state index is 13.4. The molecule has 1 aliphatic heterocycles. The molecule has 1 fully saturated rings. The Labute approximate surface area is 110 Å². The van der Waals surface area contributed by atoms with Crippen molar-refractivity contribution in [2.75, 3.05) is 25.0 Å². The second-order valence-corrected chi connectivity index (χ2v) is 4.67. The summed E-state index contributed by atoms with van der Waals surface area (Å²) < 4.78 is 26.4. The van der Waals surface area contributed by atoms with Crippen molar-refractivity contribution < 1.29 is 18.7 Å². The molecule has 1 saturated heterocycles. The van der Waals surface area contributed by atoms with Crippen LogP contribution in [-0.2, 0) is 0 Å². The third-order valence-electron chi connectivity index (χ3n) is 3.33. The first-order valence-electron chi connectivity index (χ1n) is 6.22. The average Bonchev–Trinajstić information content (AvgIpc) is 2.43. The highest BCUT2D eigenvalue weighted by Crippen LogP contribution is 2.19. The van der Waals surface area contributed by atoms with E-state index in [1.165, 1.54) is 4.90 Å². The minimum atomic E-state index is -0.667. The van der Waals surface area contributed by atoms with Gasteiger partial charge in [-0.25, -0.2) is 13.6 Å². The summed E-state index contributed by atoms with van der Waals surface area (Å²) in [7, 11) is 0.